The number of ether oxygens (including phenoxy) is 3. The molecule has 9 atom stereocenters. The molecule has 7 heteroatoms. The third-order valence-corrected chi connectivity index (χ3v) is 9.07. The summed E-state index contributed by atoms with van der Waals surface area (Å²) < 4.78 is 17.7. The largest absolute Gasteiger partial charge is 0.481 e. The monoisotopic (exact) mass is 388 g/mol. The Bertz CT molecular complexity index is 880. The van der Waals surface area contributed by atoms with Crippen LogP contribution in [0.3, 0.4) is 0 Å². The average molecular weight is 388 g/mol. The minimum atomic E-state index is -0.925. The summed E-state index contributed by atoms with van der Waals surface area (Å²) in [5, 5.41) is 10.4. The normalized spacial score (nSPS) is 57.1. The third kappa shape index (κ3) is 1.52. The van der Waals surface area contributed by atoms with Crippen molar-refractivity contribution in [2.24, 2.45) is 28.6 Å². The van der Waals surface area contributed by atoms with E-state index < -0.39 is 39.8 Å². The van der Waals surface area contributed by atoms with Crippen molar-refractivity contribution in [1.82, 2.24) is 0 Å². The van der Waals surface area contributed by atoms with E-state index in [1.165, 1.54) is 6.92 Å². The van der Waals surface area contributed by atoms with E-state index >= 15 is 0 Å². The summed E-state index contributed by atoms with van der Waals surface area (Å²) in [4.78, 5) is 37.4. The number of carboxylic acid groups (broad SMARTS) is 1. The molecule has 6 aliphatic rings. The fraction of sp³-hybridized carbons (Fsp3) is 0.762. The number of carbonyl (C=O) groups excluding carboxylic acids is 2. The van der Waals surface area contributed by atoms with Crippen LogP contribution in [0.2, 0.25) is 0 Å². The molecule has 0 radical (unpaired) electrons. The van der Waals surface area contributed by atoms with Gasteiger partial charge in [0.25, 0.3) is 0 Å². The van der Waals surface area contributed by atoms with E-state index in [-0.39, 0.29) is 30.1 Å². The van der Waals surface area contributed by atoms with E-state index in [1.807, 2.05) is 6.92 Å². The molecule has 6 fully saturated rings. The zero-order chi connectivity index (χ0) is 19.9. The quantitative estimate of drug-likeness (QED) is 0.437. The number of epoxide rings is 1. The van der Waals surface area contributed by atoms with Gasteiger partial charge in [0.15, 0.2) is 0 Å². The van der Waals surface area contributed by atoms with Crippen molar-refractivity contribution in [3.05, 3.63) is 12.2 Å². The molecule has 0 aromatic rings. The lowest BCUT2D eigenvalue weighted by Gasteiger charge is -2.46. The number of carboxylic acids is 1. The first-order valence-electron chi connectivity index (χ1n) is 10.1. The maximum absolute atomic E-state index is 13.0. The van der Waals surface area contributed by atoms with Crippen LogP contribution in [0.1, 0.15) is 46.0 Å². The lowest BCUT2D eigenvalue weighted by Crippen LogP contribution is -2.51. The van der Waals surface area contributed by atoms with E-state index in [2.05, 4.69) is 6.58 Å². The maximum atomic E-state index is 13.0. The van der Waals surface area contributed by atoms with E-state index in [0.717, 1.165) is 5.57 Å². The molecule has 4 saturated carbocycles. The molecule has 7 nitrogen and oxygen atoms in total. The SMILES string of the molecule is C=C1C[C@]23C[C@@]1(OC(C)=O)CC[C@H]2[C@@]12C[C@H]4O[C@H]4[C@@](C)(C(=O)O1)[C@H]2[C@@H]3C(=O)O. The summed E-state index contributed by atoms with van der Waals surface area (Å²) in [6.45, 7) is 7.42. The molecule has 1 spiro atoms. The van der Waals surface area contributed by atoms with Crippen LogP contribution in [0.25, 0.3) is 0 Å². The zero-order valence-corrected chi connectivity index (χ0v) is 16.0. The minimum absolute atomic E-state index is 0.0259. The summed E-state index contributed by atoms with van der Waals surface area (Å²) >= 11 is 0. The maximum Gasteiger partial charge on any atom is 0.315 e. The Labute approximate surface area is 162 Å². The van der Waals surface area contributed by atoms with Crippen molar-refractivity contribution in [3.8, 4) is 0 Å². The highest BCUT2D eigenvalue weighted by Gasteiger charge is 2.88. The van der Waals surface area contributed by atoms with Crippen LogP contribution in [0.4, 0.5) is 0 Å². The molecule has 0 amide bonds. The molecular weight excluding hydrogens is 364 g/mol. The predicted octanol–water partition coefficient (Wildman–Crippen LogP) is 1.84. The molecule has 150 valence electrons. The van der Waals surface area contributed by atoms with Gasteiger partial charge < -0.3 is 19.3 Å². The second-order valence-corrected chi connectivity index (χ2v) is 10.1. The molecular formula is C21H24O7. The Balaban J connectivity index is 1.54. The van der Waals surface area contributed by atoms with Gasteiger partial charge >= 0.3 is 17.9 Å². The predicted molar refractivity (Wildman–Crippen MR) is 92.9 cm³/mol. The minimum Gasteiger partial charge on any atom is -0.481 e. The highest BCUT2D eigenvalue weighted by atomic mass is 16.6. The number of hydrogen-bond acceptors (Lipinski definition) is 6. The van der Waals surface area contributed by atoms with Gasteiger partial charge in [0.05, 0.1) is 12.0 Å². The van der Waals surface area contributed by atoms with Gasteiger partial charge in [-0.3, -0.25) is 14.4 Å². The molecule has 2 saturated heterocycles. The van der Waals surface area contributed by atoms with Crippen molar-refractivity contribution < 1.29 is 33.7 Å². The van der Waals surface area contributed by atoms with Gasteiger partial charge in [-0.1, -0.05) is 6.58 Å². The molecule has 4 bridgehead atoms. The standard InChI is InChI=1S/C21H24O7/c1-9-6-19-8-20(9,27-10(2)22)5-4-12(19)21-7-11-15(26-11)18(3,17(25)28-21)14(21)13(19)16(23)24/h11-15H,1,4-8H2,2-3H3,(H,23,24)/t11-,12-,13-,14-,15-,18+,19+,20+,21-/m1/s1. The van der Waals surface area contributed by atoms with Crippen LogP contribution < -0.4 is 0 Å². The zero-order valence-electron chi connectivity index (χ0n) is 16.0. The van der Waals surface area contributed by atoms with Crippen LogP contribution in [-0.2, 0) is 28.6 Å². The number of hydrogen-bond donors (Lipinski definition) is 1. The molecule has 2 aliphatic heterocycles. The topological polar surface area (TPSA) is 102 Å². The van der Waals surface area contributed by atoms with Gasteiger partial charge in [0.1, 0.15) is 22.7 Å². The first-order chi connectivity index (χ1) is 13.1. The average Bonchev–Trinajstić information content (AvgIpc) is 3.22. The van der Waals surface area contributed by atoms with Gasteiger partial charge in [-0.05, 0) is 43.6 Å². The van der Waals surface area contributed by atoms with E-state index in [1.54, 1.807) is 0 Å². The Morgan fingerprint density at radius 2 is 2.11 bits per heavy atom. The molecule has 6 rings (SSSR count). The van der Waals surface area contributed by atoms with Crippen molar-refractivity contribution in [3.63, 3.8) is 0 Å². The molecule has 4 aliphatic carbocycles. The van der Waals surface area contributed by atoms with Crippen LogP contribution in [0.5, 0.6) is 0 Å². The van der Waals surface area contributed by atoms with Crippen LogP contribution in [0.15, 0.2) is 12.2 Å². The highest BCUT2D eigenvalue weighted by molar-refractivity contribution is 5.86. The van der Waals surface area contributed by atoms with Gasteiger partial charge in [-0.2, -0.15) is 0 Å². The second kappa shape index (κ2) is 4.48. The highest BCUT2D eigenvalue weighted by Crippen LogP contribution is 2.80. The number of rotatable bonds is 2. The van der Waals surface area contributed by atoms with Gasteiger partial charge in [0.2, 0.25) is 0 Å². The molecule has 0 aromatic heterocycles. The van der Waals surface area contributed by atoms with Crippen LogP contribution in [0, 0.1) is 28.6 Å². The van der Waals surface area contributed by atoms with Crippen LogP contribution in [-0.4, -0.2) is 46.4 Å². The fourth-order valence-electron chi connectivity index (χ4n) is 8.42. The summed E-state index contributed by atoms with van der Waals surface area (Å²) in [5.41, 5.74) is -2.30. The first-order valence-corrected chi connectivity index (χ1v) is 10.1. The molecule has 0 aromatic carbocycles. The summed E-state index contributed by atoms with van der Waals surface area (Å²) in [7, 11) is 0. The smallest absolute Gasteiger partial charge is 0.315 e. The number of carbonyl (C=O) groups is 3. The van der Waals surface area contributed by atoms with Gasteiger partial charge in [-0.25, -0.2) is 0 Å². The van der Waals surface area contributed by atoms with Crippen molar-refractivity contribution in [1.29, 1.82) is 0 Å². The number of fused-ring (bicyclic) bond motifs is 3. The van der Waals surface area contributed by atoms with Gasteiger partial charge in [-0.15, -0.1) is 0 Å². The van der Waals surface area contributed by atoms with Crippen molar-refractivity contribution >= 4 is 17.9 Å². The Hall–Kier alpha value is -1.89. The second-order valence-electron chi connectivity index (χ2n) is 10.1. The summed E-state index contributed by atoms with van der Waals surface area (Å²) in [6.07, 6.45) is 2.53. The van der Waals surface area contributed by atoms with Gasteiger partial charge in [0, 0.05) is 25.2 Å². The molecule has 2 heterocycles. The van der Waals surface area contributed by atoms with Crippen LogP contribution >= 0.6 is 0 Å². The van der Waals surface area contributed by atoms with E-state index in [0.29, 0.717) is 32.1 Å². The van der Waals surface area contributed by atoms with Crippen molar-refractivity contribution in [2.75, 3.05) is 0 Å². The Kier molecular flexibility index (Phi) is 2.72. The summed E-state index contributed by atoms with van der Waals surface area (Å²) in [6, 6.07) is 0. The first kappa shape index (κ1) is 17.0. The molecule has 28 heavy (non-hydrogen) atoms. The fourth-order valence-corrected chi connectivity index (χ4v) is 8.42. The Morgan fingerprint density at radius 1 is 1.36 bits per heavy atom. The molecule has 1 N–H and O–H groups in total. The number of esters is 2. The lowest BCUT2D eigenvalue weighted by atomic mass is 9.60. The van der Waals surface area contributed by atoms with Crippen molar-refractivity contribution in [2.45, 2.75) is 69.4 Å². The van der Waals surface area contributed by atoms with E-state index in [4.69, 9.17) is 14.2 Å². The van der Waals surface area contributed by atoms with E-state index in [9.17, 15) is 19.5 Å². The third-order valence-electron chi connectivity index (χ3n) is 9.07. The Morgan fingerprint density at radius 3 is 2.79 bits per heavy atom. The summed E-state index contributed by atoms with van der Waals surface area (Å²) in [5.74, 6) is -2.81. The number of aliphatic carboxylic acids is 1. The lowest BCUT2D eigenvalue weighted by molar-refractivity contribution is -0.170. The molecule has 0 unspecified atom stereocenters.